The number of ether oxygens (including phenoxy) is 1. The molecule has 6 aromatic rings. The molecule has 43 heavy (non-hydrogen) atoms. The summed E-state index contributed by atoms with van der Waals surface area (Å²) in [5.41, 5.74) is 4.75. The van der Waals surface area contributed by atoms with E-state index < -0.39 is 11.6 Å². The molecular formula is C32H26F2N6O2S. The minimum atomic E-state index is -0.765. The number of carbonyl (C=O) groups excluding carboxylic acids is 1. The van der Waals surface area contributed by atoms with Gasteiger partial charge in [0.15, 0.2) is 0 Å². The molecular weight excluding hydrogens is 570 g/mol. The predicted octanol–water partition coefficient (Wildman–Crippen LogP) is 6.76. The van der Waals surface area contributed by atoms with E-state index >= 15 is 4.39 Å². The standard InChI is InChI=1S/C32H26F2N6O2S/c1-5-27(41)39-9-10-40-25(17(39)2)15-24(37-40)31-29(28-22(34)13-20(33)14-26(28)42-4)32-21(8-11-43-32)30(35-31)18-6-7-23-19(12-18)16-38(3)36-23/h5-8,11-17H,1,9-10H2,2-4H3/t17-/m1/s1. The van der Waals surface area contributed by atoms with Crippen LogP contribution in [0.3, 0.4) is 0 Å². The van der Waals surface area contributed by atoms with Gasteiger partial charge in [-0.25, -0.2) is 13.8 Å². The van der Waals surface area contributed by atoms with Crippen LogP contribution >= 0.6 is 11.3 Å². The predicted molar refractivity (Wildman–Crippen MR) is 163 cm³/mol. The van der Waals surface area contributed by atoms with Crippen molar-refractivity contribution in [1.29, 1.82) is 0 Å². The van der Waals surface area contributed by atoms with Crippen molar-refractivity contribution < 1.29 is 18.3 Å². The number of pyridine rings is 1. The maximum Gasteiger partial charge on any atom is 0.246 e. The van der Waals surface area contributed by atoms with Crippen LogP contribution in [-0.2, 0) is 18.4 Å². The summed E-state index contributed by atoms with van der Waals surface area (Å²) in [4.78, 5) is 19.4. The van der Waals surface area contributed by atoms with Gasteiger partial charge in [0.25, 0.3) is 0 Å². The van der Waals surface area contributed by atoms with Crippen molar-refractivity contribution in [2.75, 3.05) is 13.7 Å². The second-order valence-corrected chi connectivity index (χ2v) is 11.4. The summed E-state index contributed by atoms with van der Waals surface area (Å²) >= 11 is 1.44. The molecule has 1 aliphatic rings. The number of fused-ring (bicyclic) bond motifs is 3. The molecule has 0 aliphatic carbocycles. The number of thiophene rings is 1. The first-order chi connectivity index (χ1) is 20.8. The minimum Gasteiger partial charge on any atom is -0.496 e. The van der Waals surface area contributed by atoms with Gasteiger partial charge in [-0.2, -0.15) is 10.2 Å². The quantitative estimate of drug-likeness (QED) is 0.206. The van der Waals surface area contributed by atoms with Crippen LogP contribution in [0.15, 0.2) is 66.7 Å². The second kappa shape index (κ2) is 10.1. The Balaban J connectivity index is 1.52. The Bertz CT molecular complexity index is 2090. The summed E-state index contributed by atoms with van der Waals surface area (Å²) in [5.74, 6) is -1.61. The number of hydrogen-bond acceptors (Lipinski definition) is 6. The van der Waals surface area contributed by atoms with Crippen LogP contribution < -0.4 is 4.74 Å². The number of rotatable bonds is 5. The molecule has 5 heterocycles. The molecule has 0 fully saturated rings. The van der Waals surface area contributed by atoms with Gasteiger partial charge in [-0.15, -0.1) is 11.3 Å². The highest BCUT2D eigenvalue weighted by Gasteiger charge is 2.31. The van der Waals surface area contributed by atoms with Crippen molar-refractivity contribution in [2.45, 2.75) is 19.5 Å². The number of hydrogen-bond donors (Lipinski definition) is 0. The maximum atomic E-state index is 15.8. The van der Waals surface area contributed by atoms with Gasteiger partial charge < -0.3 is 9.64 Å². The normalized spacial score (nSPS) is 14.8. The number of carbonyl (C=O) groups is 1. The summed E-state index contributed by atoms with van der Waals surface area (Å²) in [6, 6.07) is 11.5. The first-order valence-electron chi connectivity index (χ1n) is 13.7. The Hall–Kier alpha value is -4.90. The smallest absolute Gasteiger partial charge is 0.246 e. The van der Waals surface area contributed by atoms with E-state index in [1.54, 1.807) is 9.58 Å². The fraction of sp³-hybridized carbons (Fsp3) is 0.188. The van der Waals surface area contributed by atoms with Crippen LogP contribution in [-0.4, -0.2) is 49.0 Å². The average molecular weight is 597 g/mol. The van der Waals surface area contributed by atoms with Gasteiger partial charge >= 0.3 is 0 Å². The number of aryl methyl sites for hydroxylation is 1. The molecule has 4 aromatic heterocycles. The largest absolute Gasteiger partial charge is 0.496 e. The SMILES string of the molecule is C=CC(=O)N1CCn2nc(-c3nc(-c4ccc5nn(C)cc5c4)c4ccsc4c3-c3c(F)cc(F)cc3OC)cc2[C@H]1C. The van der Waals surface area contributed by atoms with E-state index in [4.69, 9.17) is 14.8 Å². The lowest BCUT2D eigenvalue weighted by Gasteiger charge is -2.33. The Morgan fingerprint density at radius 2 is 1.93 bits per heavy atom. The van der Waals surface area contributed by atoms with Crippen molar-refractivity contribution >= 4 is 38.2 Å². The first-order valence-corrected chi connectivity index (χ1v) is 14.5. The Labute approximate surface area is 249 Å². The molecule has 2 aromatic carbocycles. The van der Waals surface area contributed by atoms with Gasteiger partial charge in [-0.1, -0.05) is 12.6 Å². The molecule has 0 saturated carbocycles. The van der Waals surface area contributed by atoms with E-state index in [1.165, 1.54) is 30.6 Å². The molecule has 1 aliphatic heterocycles. The summed E-state index contributed by atoms with van der Waals surface area (Å²) in [6.45, 7) is 6.53. The molecule has 216 valence electrons. The summed E-state index contributed by atoms with van der Waals surface area (Å²) in [7, 11) is 3.26. The molecule has 8 nitrogen and oxygen atoms in total. The highest BCUT2D eigenvalue weighted by molar-refractivity contribution is 7.18. The van der Waals surface area contributed by atoms with Crippen molar-refractivity contribution in [3.8, 4) is 39.5 Å². The molecule has 0 bridgehead atoms. The third-order valence-electron chi connectivity index (χ3n) is 7.95. The molecule has 0 N–H and O–H groups in total. The second-order valence-electron chi connectivity index (χ2n) is 10.5. The highest BCUT2D eigenvalue weighted by Crippen LogP contribution is 2.47. The molecule has 1 amide bonds. The molecule has 1 atom stereocenters. The third kappa shape index (κ3) is 4.30. The van der Waals surface area contributed by atoms with Crippen LogP contribution in [0, 0.1) is 11.6 Å². The zero-order valence-electron chi connectivity index (χ0n) is 23.6. The van der Waals surface area contributed by atoms with Crippen LogP contribution in [0.1, 0.15) is 18.7 Å². The van der Waals surface area contributed by atoms with Gasteiger partial charge in [-0.05, 0) is 42.6 Å². The van der Waals surface area contributed by atoms with E-state index in [1.807, 2.05) is 60.6 Å². The minimum absolute atomic E-state index is 0.0554. The molecule has 0 saturated heterocycles. The van der Waals surface area contributed by atoms with E-state index in [2.05, 4.69) is 11.7 Å². The van der Waals surface area contributed by atoms with Gasteiger partial charge in [0.2, 0.25) is 5.91 Å². The van der Waals surface area contributed by atoms with Crippen molar-refractivity contribution in [2.24, 2.45) is 7.05 Å². The molecule has 7 rings (SSSR count). The van der Waals surface area contributed by atoms with Gasteiger partial charge in [0.05, 0.1) is 42.2 Å². The summed E-state index contributed by atoms with van der Waals surface area (Å²) < 4.78 is 40.0. The molecule has 0 radical (unpaired) electrons. The number of benzene rings is 2. The van der Waals surface area contributed by atoms with Crippen LogP contribution in [0.4, 0.5) is 8.78 Å². The number of amides is 1. The van der Waals surface area contributed by atoms with Crippen LogP contribution in [0.2, 0.25) is 0 Å². The fourth-order valence-corrected chi connectivity index (χ4v) is 6.90. The fourth-order valence-electron chi connectivity index (χ4n) is 5.95. The first kappa shape index (κ1) is 27.0. The summed E-state index contributed by atoms with van der Waals surface area (Å²) in [6.07, 6.45) is 3.25. The molecule has 0 spiro atoms. The number of aromatic nitrogens is 5. The zero-order chi connectivity index (χ0) is 30.0. The van der Waals surface area contributed by atoms with E-state index in [-0.39, 0.29) is 23.3 Å². The van der Waals surface area contributed by atoms with Crippen molar-refractivity contribution in [3.05, 3.63) is 84.0 Å². The monoisotopic (exact) mass is 596 g/mol. The zero-order valence-corrected chi connectivity index (χ0v) is 24.5. The highest BCUT2D eigenvalue weighted by atomic mass is 32.1. The van der Waals surface area contributed by atoms with E-state index in [9.17, 15) is 9.18 Å². The van der Waals surface area contributed by atoms with Crippen LogP contribution in [0.25, 0.3) is 54.8 Å². The van der Waals surface area contributed by atoms with E-state index in [0.29, 0.717) is 35.7 Å². The Kier molecular flexibility index (Phi) is 6.35. The maximum absolute atomic E-state index is 15.8. The summed E-state index contributed by atoms with van der Waals surface area (Å²) in [5, 5.41) is 13.1. The topological polar surface area (TPSA) is 78.1 Å². The van der Waals surface area contributed by atoms with Gasteiger partial charge in [0.1, 0.15) is 28.8 Å². The van der Waals surface area contributed by atoms with Crippen molar-refractivity contribution in [3.63, 3.8) is 0 Å². The number of halogens is 2. The molecule has 11 heteroatoms. The lowest BCUT2D eigenvalue weighted by Crippen LogP contribution is -2.40. The van der Waals surface area contributed by atoms with E-state index in [0.717, 1.165) is 38.3 Å². The van der Waals surface area contributed by atoms with Gasteiger partial charge in [0, 0.05) is 58.5 Å². The lowest BCUT2D eigenvalue weighted by molar-refractivity contribution is -0.129. The number of methoxy groups -OCH3 is 1. The van der Waals surface area contributed by atoms with Crippen molar-refractivity contribution in [1.82, 2.24) is 29.4 Å². The number of nitrogens with zero attached hydrogens (tertiary/aromatic N) is 6. The van der Waals surface area contributed by atoms with Crippen LogP contribution in [0.5, 0.6) is 5.75 Å². The third-order valence-corrected chi connectivity index (χ3v) is 8.88. The molecule has 0 unspecified atom stereocenters. The Morgan fingerprint density at radius 1 is 1.09 bits per heavy atom. The Morgan fingerprint density at radius 3 is 2.72 bits per heavy atom. The lowest BCUT2D eigenvalue weighted by atomic mass is 9.96. The average Bonchev–Trinajstić information content (AvgIpc) is 3.73. The van der Waals surface area contributed by atoms with Gasteiger partial charge in [-0.3, -0.25) is 14.2 Å².